The van der Waals surface area contributed by atoms with Gasteiger partial charge < -0.3 is 9.84 Å². The molecule has 0 atom stereocenters. The van der Waals surface area contributed by atoms with Crippen molar-refractivity contribution < 1.29 is 14.6 Å². The number of aromatic nitrogens is 2. The monoisotopic (exact) mass is 439 g/mol. The van der Waals surface area contributed by atoms with Crippen LogP contribution in [0.5, 0.6) is 5.88 Å². The summed E-state index contributed by atoms with van der Waals surface area (Å²) in [7, 11) is 1.23. The molecule has 8 heteroatoms. The van der Waals surface area contributed by atoms with Gasteiger partial charge in [0.2, 0.25) is 5.88 Å². The number of esters is 1. The molecule has 0 amide bonds. The Labute approximate surface area is 186 Å². The molecule has 3 aromatic carbocycles. The minimum Gasteiger partial charge on any atom is -0.494 e. The van der Waals surface area contributed by atoms with Crippen LogP contribution in [0.25, 0.3) is 28.1 Å². The van der Waals surface area contributed by atoms with E-state index in [-0.39, 0.29) is 11.3 Å². The van der Waals surface area contributed by atoms with Crippen molar-refractivity contribution >= 4 is 39.8 Å². The summed E-state index contributed by atoms with van der Waals surface area (Å²) in [6.07, 6.45) is 1.34. The second kappa shape index (κ2) is 7.76. The molecule has 1 aliphatic heterocycles. The normalized spacial score (nSPS) is 13.7. The van der Waals surface area contributed by atoms with E-state index in [1.165, 1.54) is 13.2 Å². The Balaban J connectivity index is 1.78. The van der Waals surface area contributed by atoms with Gasteiger partial charge >= 0.3 is 11.7 Å². The predicted octanol–water partition coefficient (Wildman–Crippen LogP) is 3.18. The molecule has 2 heterocycles. The van der Waals surface area contributed by atoms with Gasteiger partial charge in [-0.15, -0.1) is 0 Å². The number of H-pyrrole nitrogens is 1. The average Bonchev–Trinajstić information content (AvgIpc) is 3.19. The van der Waals surface area contributed by atoms with Gasteiger partial charge in [0.1, 0.15) is 5.56 Å². The zero-order chi connectivity index (χ0) is 23.1. The number of aromatic amines is 1. The van der Waals surface area contributed by atoms with Gasteiger partial charge in [0.15, 0.2) is 5.71 Å². The van der Waals surface area contributed by atoms with E-state index < -0.39 is 23.1 Å². The van der Waals surface area contributed by atoms with E-state index in [2.05, 4.69) is 9.98 Å². The van der Waals surface area contributed by atoms with Gasteiger partial charge in [-0.25, -0.2) is 19.1 Å². The number of nitrogens with zero attached hydrogens (tertiary/aromatic N) is 2. The van der Waals surface area contributed by atoms with Crippen molar-refractivity contribution in [3.63, 3.8) is 0 Å². The van der Waals surface area contributed by atoms with Crippen LogP contribution in [0.4, 0.5) is 5.69 Å². The Hall–Kier alpha value is -4.72. The molecule has 2 N–H and O–H groups in total. The number of fused-ring (bicyclic) bond motifs is 2. The number of rotatable bonds is 3. The summed E-state index contributed by atoms with van der Waals surface area (Å²) >= 11 is 0. The van der Waals surface area contributed by atoms with E-state index >= 15 is 0 Å². The molecule has 0 saturated carbocycles. The lowest BCUT2D eigenvalue weighted by molar-refractivity contribution is -0.132. The first-order valence-corrected chi connectivity index (χ1v) is 10.0. The van der Waals surface area contributed by atoms with E-state index in [0.29, 0.717) is 27.9 Å². The molecule has 0 saturated heterocycles. The average molecular weight is 439 g/mol. The van der Waals surface area contributed by atoms with Crippen molar-refractivity contribution in [2.24, 2.45) is 4.99 Å². The number of hydrogen-bond donors (Lipinski definition) is 2. The molecule has 0 fully saturated rings. The summed E-state index contributed by atoms with van der Waals surface area (Å²) in [6.45, 7) is 0. The molecule has 0 spiro atoms. The number of hydrogen-bond acceptors (Lipinski definition) is 6. The zero-order valence-electron chi connectivity index (χ0n) is 17.4. The Morgan fingerprint density at radius 2 is 1.76 bits per heavy atom. The third-order valence-electron chi connectivity index (χ3n) is 5.48. The number of para-hydroxylation sites is 1. The van der Waals surface area contributed by atoms with Crippen molar-refractivity contribution in [1.29, 1.82) is 0 Å². The fourth-order valence-electron chi connectivity index (χ4n) is 3.95. The topological polar surface area (TPSA) is 114 Å². The number of methoxy groups -OCH3 is 1. The van der Waals surface area contributed by atoms with Crippen LogP contribution in [0.15, 0.2) is 81.3 Å². The minimum atomic E-state index is -0.796. The number of carbonyl (C=O) groups is 1. The van der Waals surface area contributed by atoms with Gasteiger partial charge in [-0.3, -0.25) is 9.78 Å². The number of aliphatic imine (C=N–C) groups is 1. The van der Waals surface area contributed by atoms with Crippen molar-refractivity contribution in [3.8, 4) is 11.6 Å². The van der Waals surface area contributed by atoms with E-state index in [0.717, 1.165) is 9.95 Å². The quantitative estimate of drug-likeness (QED) is 0.476. The minimum absolute atomic E-state index is 0.000380. The second-order valence-corrected chi connectivity index (χ2v) is 7.36. The van der Waals surface area contributed by atoms with Crippen molar-refractivity contribution in [1.82, 2.24) is 9.55 Å². The number of ether oxygens (including phenoxy) is 1. The van der Waals surface area contributed by atoms with Gasteiger partial charge in [-0.05, 0) is 23.6 Å². The molecule has 0 radical (unpaired) electrons. The highest BCUT2D eigenvalue weighted by molar-refractivity contribution is 6.58. The molecular weight excluding hydrogens is 422 g/mol. The van der Waals surface area contributed by atoms with Gasteiger partial charge in [-0.1, -0.05) is 54.6 Å². The summed E-state index contributed by atoms with van der Waals surface area (Å²) in [6, 6.07) is 19.7. The summed E-state index contributed by atoms with van der Waals surface area (Å²) in [4.78, 5) is 44.4. The molecule has 8 nitrogen and oxygen atoms in total. The standard InChI is InChI=1S/C25H17N3O5/c1-33-24(31)21-17(16-10-4-5-11-19(16)26-21)13-18-22(29)27-25(32)28(23(18)30)20-12-6-8-14-7-2-3-9-15(14)20/h2-13,30H,1H3,(H,27,29,32)/b17-13+. The fourth-order valence-corrected chi connectivity index (χ4v) is 3.95. The maximum atomic E-state index is 12.7. The summed E-state index contributed by atoms with van der Waals surface area (Å²) in [5, 5.41) is 12.7. The van der Waals surface area contributed by atoms with Crippen LogP contribution < -0.4 is 11.2 Å². The maximum Gasteiger partial charge on any atom is 0.357 e. The van der Waals surface area contributed by atoms with Crippen LogP contribution in [0, 0.1) is 0 Å². The molecule has 5 rings (SSSR count). The van der Waals surface area contributed by atoms with Crippen molar-refractivity contribution in [2.75, 3.05) is 7.11 Å². The summed E-state index contributed by atoms with van der Waals surface area (Å²) < 4.78 is 5.87. The number of aromatic hydroxyl groups is 1. The Morgan fingerprint density at radius 3 is 2.58 bits per heavy atom. The molecule has 1 aromatic heterocycles. The molecular formula is C25H17N3O5. The number of carbonyl (C=O) groups excluding carboxylic acids is 1. The van der Waals surface area contributed by atoms with Crippen LogP contribution >= 0.6 is 0 Å². The number of nitrogens with one attached hydrogen (secondary N) is 1. The van der Waals surface area contributed by atoms with E-state index in [9.17, 15) is 19.5 Å². The lowest BCUT2D eigenvalue weighted by Crippen LogP contribution is -2.30. The second-order valence-electron chi connectivity index (χ2n) is 7.36. The first-order valence-electron chi connectivity index (χ1n) is 10.0. The Bertz CT molecular complexity index is 1620. The molecule has 0 unspecified atom stereocenters. The number of benzene rings is 3. The van der Waals surface area contributed by atoms with Crippen molar-refractivity contribution in [3.05, 3.63) is 98.7 Å². The highest BCUT2D eigenvalue weighted by atomic mass is 16.5. The van der Waals surface area contributed by atoms with Crippen LogP contribution in [0.2, 0.25) is 0 Å². The Morgan fingerprint density at radius 1 is 1.03 bits per heavy atom. The van der Waals surface area contributed by atoms with Gasteiger partial charge in [-0.2, -0.15) is 0 Å². The molecule has 162 valence electrons. The predicted molar refractivity (Wildman–Crippen MR) is 125 cm³/mol. The van der Waals surface area contributed by atoms with Crippen LogP contribution in [0.1, 0.15) is 11.1 Å². The molecule has 0 bridgehead atoms. The van der Waals surface area contributed by atoms with Crippen LogP contribution in [-0.4, -0.2) is 33.4 Å². The molecule has 1 aliphatic rings. The first-order chi connectivity index (χ1) is 16.0. The fraction of sp³-hybridized carbons (Fsp3) is 0.0400. The van der Waals surface area contributed by atoms with E-state index in [1.54, 1.807) is 36.4 Å². The highest BCUT2D eigenvalue weighted by Gasteiger charge is 2.28. The molecule has 33 heavy (non-hydrogen) atoms. The third-order valence-corrected chi connectivity index (χ3v) is 5.48. The summed E-state index contributed by atoms with van der Waals surface area (Å²) in [5.74, 6) is -1.24. The van der Waals surface area contributed by atoms with Gasteiger partial charge in [0.25, 0.3) is 5.56 Å². The highest BCUT2D eigenvalue weighted by Crippen LogP contribution is 2.37. The van der Waals surface area contributed by atoms with E-state index in [1.807, 2.05) is 30.3 Å². The molecule has 4 aromatic rings. The van der Waals surface area contributed by atoms with Gasteiger partial charge in [0, 0.05) is 16.5 Å². The lowest BCUT2D eigenvalue weighted by Gasteiger charge is -2.13. The zero-order valence-corrected chi connectivity index (χ0v) is 17.4. The first kappa shape index (κ1) is 20.2. The Kier molecular flexibility index (Phi) is 4.75. The van der Waals surface area contributed by atoms with Gasteiger partial charge in [0.05, 0.1) is 18.5 Å². The lowest BCUT2D eigenvalue weighted by atomic mass is 10.0. The van der Waals surface area contributed by atoms with Crippen LogP contribution in [-0.2, 0) is 9.53 Å². The van der Waals surface area contributed by atoms with E-state index in [4.69, 9.17) is 4.74 Å². The third kappa shape index (κ3) is 3.25. The smallest absolute Gasteiger partial charge is 0.357 e. The largest absolute Gasteiger partial charge is 0.494 e. The molecule has 0 aliphatic carbocycles. The maximum absolute atomic E-state index is 12.7. The van der Waals surface area contributed by atoms with Crippen molar-refractivity contribution in [2.45, 2.75) is 0 Å². The summed E-state index contributed by atoms with van der Waals surface area (Å²) in [5.41, 5.74) is 0.0645. The SMILES string of the molecule is COC(=O)C1=Nc2ccccc2/C1=C\c1c(O)n(-c2cccc3ccccc23)c(=O)[nH]c1=O. The van der Waals surface area contributed by atoms with Crippen LogP contribution in [0.3, 0.4) is 0 Å².